The number of halogens is 1. The Kier molecular flexibility index (Phi) is 13.3. The number of hydrogen-bond acceptors (Lipinski definition) is 9. The highest BCUT2D eigenvalue weighted by molar-refractivity contribution is 6.32. The second kappa shape index (κ2) is 17.6. The molecule has 3 aromatic rings. The smallest absolute Gasteiger partial charge is 0.141 e. The van der Waals surface area contributed by atoms with E-state index in [4.69, 9.17) is 25.8 Å². The van der Waals surface area contributed by atoms with Crippen LogP contribution in [0.3, 0.4) is 0 Å². The zero-order chi connectivity index (χ0) is 36.3. The maximum Gasteiger partial charge on any atom is 0.141 e. The van der Waals surface area contributed by atoms with Crippen LogP contribution in [0.1, 0.15) is 68.7 Å². The number of piperidine rings is 1. The van der Waals surface area contributed by atoms with Crippen molar-refractivity contribution in [3.8, 4) is 17.6 Å². The molecule has 1 atom stereocenters. The second-order valence-electron chi connectivity index (χ2n) is 14.3. The predicted molar refractivity (Wildman–Crippen MR) is 201 cm³/mol. The highest BCUT2D eigenvalue weighted by atomic mass is 35.5. The van der Waals surface area contributed by atoms with Gasteiger partial charge in [0.1, 0.15) is 36.4 Å². The summed E-state index contributed by atoms with van der Waals surface area (Å²) in [7, 11) is 0. The number of ether oxygens (including phenoxy) is 3. The van der Waals surface area contributed by atoms with Crippen molar-refractivity contribution < 1.29 is 24.4 Å². The largest absolute Gasteiger partial charge is 0.488 e. The van der Waals surface area contributed by atoms with Crippen molar-refractivity contribution >= 4 is 17.2 Å². The van der Waals surface area contributed by atoms with E-state index in [1.165, 1.54) is 25.5 Å². The average Bonchev–Trinajstić information content (AvgIpc) is 3.16. The number of aliphatic hydroxyl groups excluding tert-OH is 2. The highest BCUT2D eigenvalue weighted by Crippen LogP contribution is 2.49. The molecule has 0 spiro atoms. The number of nitrogens with zero attached hydrogens (tertiary/aromatic N) is 3. The van der Waals surface area contributed by atoms with Gasteiger partial charge in [0.2, 0.25) is 0 Å². The number of aliphatic hydroxyl groups is 2. The Morgan fingerprint density at radius 1 is 1.02 bits per heavy atom. The van der Waals surface area contributed by atoms with Gasteiger partial charge < -0.3 is 34.6 Å². The van der Waals surface area contributed by atoms with E-state index in [1.54, 1.807) is 31.3 Å². The van der Waals surface area contributed by atoms with E-state index < -0.39 is 16.6 Å². The number of hydrogen-bond donors (Lipinski definition) is 3. The molecule has 1 aliphatic heterocycles. The Morgan fingerprint density at radius 3 is 2.51 bits per heavy atom. The number of rotatable bonds is 17. The molecule has 5 rings (SSSR count). The summed E-state index contributed by atoms with van der Waals surface area (Å²) in [4.78, 5) is 6.69. The zero-order valence-electron chi connectivity index (χ0n) is 30.0. The molecule has 2 aromatic carbocycles. The monoisotopic (exact) mass is 714 g/mol. The first-order valence-electron chi connectivity index (χ1n) is 17.8. The molecule has 0 saturated carbocycles. The van der Waals surface area contributed by atoms with Crippen LogP contribution in [0.2, 0.25) is 5.02 Å². The molecule has 1 saturated heterocycles. The van der Waals surface area contributed by atoms with Crippen LogP contribution >= 0.6 is 11.6 Å². The minimum atomic E-state index is -0.912. The quantitative estimate of drug-likeness (QED) is 0.131. The van der Waals surface area contributed by atoms with Crippen molar-refractivity contribution in [1.82, 2.24) is 15.2 Å². The molecule has 1 aromatic heterocycles. The Bertz CT molecular complexity index is 1700. The Labute approximate surface area is 307 Å². The fourth-order valence-corrected chi connectivity index (χ4v) is 6.89. The highest BCUT2D eigenvalue weighted by Gasteiger charge is 2.49. The molecule has 0 amide bonds. The van der Waals surface area contributed by atoms with Crippen molar-refractivity contribution in [3.63, 3.8) is 0 Å². The second-order valence-corrected chi connectivity index (χ2v) is 14.7. The van der Waals surface area contributed by atoms with Crippen LogP contribution in [0.5, 0.6) is 11.5 Å². The predicted octanol–water partition coefficient (Wildman–Crippen LogP) is 6.71. The van der Waals surface area contributed by atoms with E-state index in [2.05, 4.69) is 77.6 Å². The van der Waals surface area contributed by atoms with Crippen LogP contribution in [-0.2, 0) is 17.9 Å². The van der Waals surface area contributed by atoms with Gasteiger partial charge >= 0.3 is 0 Å². The molecule has 2 aliphatic rings. The molecule has 10 heteroatoms. The summed E-state index contributed by atoms with van der Waals surface area (Å²) in [5.41, 5.74) is 1.97. The van der Waals surface area contributed by atoms with Gasteiger partial charge in [-0.25, -0.2) is 0 Å². The molecular formula is C41H51ClN4O5. The first-order valence-corrected chi connectivity index (χ1v) is 18.2. The molecule has 0 radical (unpaired) electrons. The normalized spacial score (nSPS) is 19.0. The molecule has 9 nitrogen and oxygen atoms in total. The number of allylic oxidation sites excluding steroid dienone is 2. The van der Waals surface area contributed by atoms with E-state index in [9.17, 15) is 15.5 Å². The van der Waals surface area contributed by atoms with Gasteiger partial charge in [0, 0.05) is 54.7 Å². The molecular weight excluding hydrogens is 664 g/mol. The van der Waals surface area contributed by atoms with Crippen LogP contribution in [0, 0.1) is 16.7 Å². The minimum Gasteiger partial charge on any atom is -0.488 e. The van der Waals surface area contributed by atoms with Gasteiger partial charge in [-0.2, -0.15) is 5.26 Å². The first kappa shape index (κ1) is 38.5. The van der Waals surface area contributed by atoms with Gasteiger partial charge in [-0.3, -0.25) is 4.98 Å². The van der Waals surface area contributed by atoms with Crippen molar-refractivity contribution in [2.75, 3.05) is 46.1 Å². The maximum atomic E-state index is 9.87. The number of pyridine rings is 1. The van der Waals surface area contributed by atoms with Crippen molar-refractivity contribution in [2.24, 2.45) is 5.41 Å². The lowest BCUT2D eigenvalue weighted by atomic mass is 9.65. The van der Waals surface area contributed by atoms with Gasteiger partial charge in [-0.05, 0) is 68.6 Å². The van der Waals surface area contributed by atoms with E-state index >= 15 is 0 Å². The summed E-state index contributed by atoms with van der Waals surface area (Å²) in [5.74, 6) is 0.935. The Balaban J connectivity index is 1.41. The van der Waals surface area contributed by atoms with Crippen LogP contribution in [-0.4, -0.2) is 77.3 Å². The maximum absolute atomic E-state index is 9.87. The topological polar surface area (TPSA) is 120 Å². The standard InChI is InChI=1S/C41H51ClN4O5/c1-39(2)35(33-12-6-4-7-13-33)14-10-15-41(39,51-19-11-18-46-16-8-5-9-17-46)30-50-38-22-37(49-27-32-20-31(23-43)24-44-25-32)34(21-36(38)42)26-45-40(3,28-47)29-48/h4,6-7,10,12-15,20-22,24-25,45,47-48H,5,8-9,11,16-19,26-30H2,1-3H3. The number of benzene rings is 2. The lowest BCUT2D eigenvalue weighted by molar-refractivity contribution is -0.0929. The van der Waals surface area contributed by atoms with E-state index in [1.807, 2.05) is 6.07 Å². The van der Waals surface area contributed by atoms with E-state index in [0.29, 0.717) is 34.3 Å². The molecule has 3 N–H and O–H groups in total. The first-order chi connectivity index (χ1) is 24.6. The molecule has 1 aliphatic carbocycles. The molecule has 2 heterocycles. The fourth-order valence-electron chi connectivity index (χ4n) is 6.65. The molecule has 0 bridgehead atoms. The van der Waals surface area contributed by atoms with Crippen LogP contribution in [0.15, 0.2) is 79.2 Å². The van der Waals surface area contributed by atoms with E-state index in [0.717, 1.165) is 42.8 Å². The zero-order valence-corrected chi connectivity index (χ0v) is 30.8. The summed E-state index contributed by atoms with van der Waals surface area (Å²) < 4.78 is 19.9. The summed E-state index contributed by atoms with van der Waals surface area (Å²) in [6.07, 6.45) is 14.2. The third-order valence-corrected chi connectivity index (χ3v) is 10.4. The van der Waals surface area contributed by atoms with E-state index in [-0.39, 0.29) is 33.0 Å². The van der Waals surface area contributed by atoms with Gasteiger partial charge in [-0.1, -0.05) is 74.4 Å². The number of aromatic nitrogens is 1. The summed E-state index contributed by atoms with van der Waals surface area (Å²) in [5, 5.41) is 32.7. The van der Waals surface area contributed by atoms with Gasteiger partial charge in [0.25, 0.3) is 0 Å². The van der Waals surface area contributed by atoms with Crippen LogP contribution in [0.25, 0.3) is 5.57 Å². The number of nitrogens with one attached hydrogen (secondary N) is 1. The molecule has 1 unspecified atom stereocenters. The summed E-state index contributed by atoms with van der Waals surface area (Å²) in [6.45, 7) is 10.1. The SMILES string of the molecule is CC(CO)(CO)NCc1cc(Cl)c(OCC2(OCCCN3CCCCC3)C=CC=C(c3ccccc3)C2(C)C)cc1OCc1cncc(C#N)c1. The lowest BCUT2D eigenvalue weighted by Gasteiger charge is -2.47. The van der Waals surface area contributed by atoms with Crippen LogP contribution in [0.4, 0.5) is 0 Å². The third-order valence-electron chi connectivity index (χ3n) is 10.2. The molecule has 272 valence electrons. The Morgan fingerprint density at radius 2 is 1.78 bits per heavy atom. The van der Waals surface area contributed by atoms with Gasteiger partial charge in [0.05, 0.1) is 29.3 Å². The van der Waals surface area contributed by atoms with Crippen LogP contribution < -0.4 is 14.8 Å². The molecule has 1 fully saturated rings. The summed E-state index contributed by atoms with van der Waals surface area (Å²) >= 11 is 6.92. The van der Waals surface area contributed by atoms with Gasteiger partial charge in [-0.15, -0.1) is 0 Å². The lowest BCUT2D eigenvalue weighted by Crippen LogP contribution is -2.52. The van der Waals surface area contributed by atoms with Crippen molar-refractivity contribution in [2.45, 2.75) is 70.7 Å². The average molecular weight is 715 g/mol. The fraction of sp³-hybridized carbons (Fsp3) is 0.463. The summed E-state index contributed by atoms with van der Waals surface area (Å²) in [6, 6.07) is 17.8. The van der Waals surface area contributed by atoms with Crippen molar-refractivity contribution in [3.05, 3.63) is 106 Å². The van der Waals surface area contributed by atoms with Gasteiger partial charge in [0.15, 0.2) is 0 Å². The third kappa shape index (κ3) is 9.58. The Hall–Kier alpha value is -3.75. The number of likely N-dealkylation sites (tertiary alicyclic amines) is 1. The number of nitriles is 1. The van der Waals surface area contributed by atoms with Crippen molar-refractivity contribution in [1.29, 1.82) is 5.26 Å². The minimum absolute atomic E-state index is 0.152. The molecule has 51 heavy (non-hydrogen) atoms.